The van der Waals surface area contributed by atoms with E-state index in [-0.39, 0.29) is 6.10 Å². The van der Waals surface area contributed by atoms with Crippen LogP contribution in [0, 0.1) is 5.92 Å². The van der Waals surface area contributed by atoms with Gasteiger partial charge in [-0.2, -0.15) is 0 Å². The van der Waals surface area contributed by atoms with Crippen LogP contribution in [0.1, 0.15) is 31.4 Å². The Bertz CT molecular complexity index is 578. The molecule has 0 bridgehead atoms. The lowest BCUT2D eigenvalue weighted by Crippen LogP contribution is -2.31. The number of aromatic nitrogens is 2. The number of halogens is 1. The number of nitrogens with zero attached hydrogens (tertiary/aromatic N) is 2. The zero-order valence-electron chi connectivity index (χ0n) is 11.4. The SMILES string of the molecule is OC(CNCc1cnc2ccc(Br)cn12)C1CCCC1. The monoisotopic (exact) mass is 337 g/mol. The molecule has 1 aliphatic carbocycles. The van der Waals surface area contributed by atoms with Crippen molar-refractivity contribution >= 4 is 21.6 Å². The van der Waals surface area contributed by atoms with Crippen LogP contribution >= 0.6 is 15.9 Å². The van der Waals surface area contributed by atoms with E-state index in [1.807, 2.05) is 24.5 Å². The van der Waals surface area contributed by atoms with Gasteiger partial charge in [0.2, 0.25) is 0 Å². The molecule has 2 aromatic rings. The molecule has 1 fully saturated rings. The van der Waals surface area contributed by atoms with Gasteiger partial charge in [0.25, 0.3) is 0 Å². The molecular weight excluding hydrogens is 318 g/mol. The van der Waals surface area contributed by atoms with Crippen molar-refractivity contribution < 1.29 is 5.11 Å². The van der Waals surface area contributed by atoms with E-state index in [0.29, 0.717) is 12.5 Å². The molecule has 5 heteroatoms. The number of nitrogens with one attached hydrogen (secondary N) is 1. The zero-order valence-corrected chi connectivity index (χ0v) is 13.0. The summed E-state index contributed by atoms with van der Waals surface area (Å²) in [5.74, 6) is 0.485. The van der Waals surface area contributed by atoms with Gasteiger partial charge in [-0.3, -0.25) is 0 Å². The van der Waals surface area contributed by atoms with Gasteiger partial charge in [-0.1, -0.05) is 12.8 Å². The van der Waals surface area contributed by atoms with E-state index in [2.05, 4.69) is 30.6 Å². The van der Waals surface area contributed by atoms with Crippen LogP contribution in [-0.2, 0) is 6.54 Å². The van der Waals surface area contributed by atoms with Gasteiger partial charge < -0.3 is 14.8 Å². The van der Waals surface area contributed by atoms with Crippen LogP contribution in [0.15, 0.2) is 29.0 Å². The number of fused-ring (bicyclic) bond motifs is 1. The predicted molar refractivity (Wildman–Crippen MR) is 82.6 cm³/mol. The molecule has 1 unspecified atom stereocenters. The molecule has 0 amide bonds. The smallest absolute Gasteiger partial charge is 0.136 e. The lowest BCUT2D eigenvalue weighted by molar-refractivity contribution is 0.109. The van der Waals surface area contributed by atoms with Crippen molar-refractivity contribution in [2.45, 2.75) is 38.3 Å². The van der Waals surface area contributed by atoms with Gasteiger partial charge in [0.15, 0.2) is 0 Å². The second-order valence-electron chi connectivity index (χ2n) is 5.57. The Morgan fingerprint density at radius 1 is 1.40 bits per heavy atom. The summed E-state index contributed by atoms with van der Waals surface area (Å²) in [5, 5.41) is 13.5. The number of hydrogen-bond acceptors (Lipinski definition) is 3. The van der Waals surface area contributed by atoms with Crippen LogP contribution in [0.5, 0.6) is 0 Å². The molecule has 0 aromatic carbocycles. The highest BCUT2D eigenvalue weighted by Gasteiger charge is 2.22. The molecule has 20 heavy (non-hydrogen) atoms. The van der Waals surface area contributed by atoms with Crippen molar-refractivity contribution in [3.05, 3.63) is 34.7 Å². The van der Waals surface area contributed by atoms with Gasteiger partial charge in [0.05, 0.1) is 18.0 Å². The molecule has 2 N–H and O–H groups in total. The number of pyridine rings is 1. The molecule has 3 rings (SSSR count). The van der Waals surface area contributed by atoms with Gasteiger partial charge in [-0.25, -0.2) is 4.98 Å². The summed E-state index contributed by atoms with van der Waals surface area (Å²) in [7, 11) is 0. The minimum atomic E-state index is -0.219. The Labute approximate surface area is 127 Å². The molecule has 1 atom stereocenters. The Balaban J connectivity index is 1.58. The highest BCUT2D eigenvalue weighted by Crippen LogP contribution is 2.27. The van der Waals surface area contributed by atoms with E-state index < -0.39 is 0 Å². The van der Waals surface area contributed by atoms with Crippen molar-refractivity contribution in [1.29, 1.82) is 0 Å². The molecule has 2 aromatic heterocycles. The second kappa shape index (κ2) is 6.24. The summed E-state index contributed by atoms with van der Waals surface area (Å²) in [6.07, 6.45) is 8.56. The first-order valence-electron chi connectivity index (χ1n) is 7.24. The van der Waals surface area contributed by atoms with E-state index in [1.54, 1.807) is 0 Å². The van der Waals surface area contributed by atoms with Crippen molar-refractivity contribution in [3.63, 3.8) is 0 Å². The summed E-state index contributed by atoms with van der Waals surface area (Å²) in [6.45, 7) is 1.38. The lowest BCUT2D eigenvalue weighted by atomic mass is 10.0. The first-order chi connectivity index (χ1) is 9.74. The van der Waals surface area contributed by atoms with Crippen LogP contribution in [0.2, 0.25) is 0 Å². The fraction of sp³-hybridized carbons (Fsp3) is 0.533. The second-order valence-corrected chi connectivity index (χ2v) is 6.48. The maximum Gasteiger partial charge on any atom is 0.136 e. The van der Waals surface area contributed by atoms with E-state index in [9.17, 15) is 5.11 Å². The summed E-state index contributed by atoms with van der Waals surface area (Å²) >= 11 is 3.48. The highest BCUT2D eigenvalue weighted by atomic mass is 79.9. The summed E-state index contributed by atoms with van der Waals surface area (Å²) in [4.78, 5) is 4.37. The first kappa shape index (κ1) is 14.0. The molecule has 0 aliphatic heterocycles. The maximum atomic E-state index is 10.1. The van der Waals surface area contributed by atoms with Crippen LogP contribution < -0.4 is 5.32 Å². The van der Waals surface area contributed by atoms with E-state index in [1.165, 1.54) is 25.7 Å². The average molecular weight is 338 g/mol. The predicted octanol–water partition coefficient (Wildman–Crippen LogP) is 2.74. The Kier molecular flexibility index (Phi) is 4.38. The summed E-state index contributed by atoms with van der Waals surface area (Å²) in [6, 6.07) is 3.98. The third-order valence-electron chi connectivity index (χ3n) is 4.15. The molecule has 108 valence electrons. The number of rotatable bonds is 5. The topological polar surface area (TPSA) is 49.6 Å². The molecule has 0 saturated heterocycles. The molecule has 1 aliphatic rings. The lowest BCUT2D eigenvalue weighted by Gasteiger charge is -2.18. The number of aliphatic hydroxyl groups is 1. The van der Waals surface area contributed by atoms with Crippen LogP contribution in [0.3, 0.4) is 0 Å². The molecule has 1 saturated carbocycles. The molecule has 0 spiro atoms. The molecular formula is C15H20BrN3O. The fourth-order valence-corrected chi connectivity index (χ4v) is 3.33. The maximum absolute atomic E-state index is 10.1. The van der Waals surface area contributed by atoms with E-state index >= 15 is 0 Å². The Morgan fingerprint density at radius 2 is 2.20 bits per heavy atom. The molecule has 4 nitrogen and oxygen atoms in total. The van der Waals surface area contributed by atoms with Crippen molar-refractivity contribution in [1.82, 2.24) is 14.7 Å². The molecule has 2 heterocycles. The third-order valence-corrected chi connectivity index (χ3v) is 4.62. The van der Waals surface area contributed by atoms with Crippen molar-refractivity contribution in [3.8, 4) is 0 Å². The average Bonchev–Trinajstić information content (AvgIpc) is 3.08. The first-order valence-corrected chi connectivity index (χ1v) is 8.03. The summed E-state index contributed by atoms with van der Waals surface area (Å²) in [5.41, 5.74) is 2.06. The molecule has 0 radical (unpaired) electrons. The van der Waals surface area contributed by atoms with Crippen LogP contribution in [-0.4, -0.2) is 27.1 Å². The Hall–Kier alpha value is -0.910. The number of hydrogen-bond donors (Lipinski definition) is 2. The normalized spacial score (nSPS) is 17.9. The number of aliphatic hydroxyl groups excluding tert-OH is 1. The highest BCUT2D eigenvalue weighted by molar-refractivity contribution is 9.10. The number of imidazole rings is 1. The third kappa shape index (κ3) is 3.05. The van der Waals surface area contributed by atoms with Gasteiger partial charge in [0.1, 0.15) is 5.65 Å². The minimum Gasteiger partial charge on any atom is -0.392 e. The summed E-state index contributed by atoms with van der Waals surface area (Å²) < 4.78 is 3.11. The van der Waals surface area contributed by atoms with Crippen LogP contribution in [0.25, 0.3) is 5.65 Å². The zero-order chi connectivity index (χ0) is 13.9. The van der Waals surface area contributed by atoms with Crippen molar-refractivity contribution in [2.75, 3.05) is 6.54 Å². The van der Waals surface area contributed by atoms with Crippen molar-refractivity contribution in [2.24, 2.45) is 5.92 Å². The van der Waals surface area contributed by atoms with Crippen LogP contribution in [0.4, 0.5) is 0 Å². The van der Waals surface area contributed by atoms with Gasteiger partial charge in [0, 0.05) is 23.8 Å². The van der Waals surface area contributed by atoms with E-state index in [4.69, 9.17) is 0 Å². The van der Waals surface area contributed by atoms with Gasteiger partial charge in [-0.05, 0) is 46.8 Å². The van der Waals surface area contributed by atoms with Gasteiger partial charge >= 0.3 is 0 Å². The quantitative estimate of drug-likeness (QED) is 0.881. The van der Waals surface area contributed by atoms with E-state index in [0.717, 1.165) is 22.4 Å². The minimum absolute atomic E-state index is 0.219. The standard InChI is InChI=1S/C15H20BrN3O/c16-12-5-6-15-18-8-13(19(15)10-12)7-17-9-14(20)11-3-1-2-4-11/h5-6,8,10-11,14,17,20H,1-4,7,9H2. The Morgan fingerprint density at radius 3 is 3.00 bits per heavy atom. The fourth-order valence-electron chi connectivity index (χ4n) is 2.99. The van der Waals surface area contributed by atoms with Gasteiger partial charge in [-0.15, -0.1) is 0 Å². The largest absolute Gasteiger partial charge is 0.392 e.